The molecule has 0 fully saturated rings. The highest BCUT2D eigenvalue weighted by molar-refractivity contribution is 4.85. The van der Waals surface area contributed by atoms with Crippen molar-refractivity contribution in [3.8, 4) is 0 Å². The fourth-order valence-electron chi connectivity index (χ4n) is 0.952. The molecule has 0 radical (unpaired) electrons. The summed E-state index contributed by atoms with van der Waals surface area (Å²) in [7, 11) is 0. The molecule has 0 aliphatic rings. The van der Waals surface area contributed by atoms with Crippen LogP contribution in [0.1, 0.15) is 13.3 Å². The van der Waals surface area contributed by atoms with Crippen LogP contribution in [-0.4, -0.2) is 37.0 Å². The van der Waals surface area contributed by atoms with Gasteiger partial charge in [0.2, 0.25) is 0 Å². The molecule has 0 saturated carbocycles. The van der Waals surface area contributed by atoms with Gasteiger partial charge in [-0.2, -0.15) is 22.0 Å². The van der Waals surface area contributed by atoms with Crippen molar-refractivity contribution in [3.63, 3.8) is 0 Å². The van der Waals surface area contributed by atoms with E-state index in [1.807, 2.05) is 0 Å². The highest BCUT2D eigenvalue weighted by Gasteiger charge is 2.61. The van der Waals surface area contributed by atoms with E-state index in [1.54, 1.807) is 0 Å². The maximum Gasteiger partial charge on any atom is 0.453 e. The van der Waals surface area contributed by atoms with Crippen molar-refractivity contribution >= 4 is 0 Å². The number of rotatable bonds is 6. The maximum absolute atomic E-state index is 12.7. The Morgan fingerprint density at radius 3 is 1.56 bits per heavy atom. The summed E-state index contributed by atoms with van der Waals surface area (Å²) in [5.74, 6) is -13.4. The molecule has 0 rings (SSSR count). The molecular formula is C8H10F9N. The molecule has 18 heavy (non-hydrogen) atoms. The number of halogens is 9. The number of hydrogen-bond acceptors (Lipinski definition) is 1. The average molecular weight is 291 g/mol. The first kappa shape index (κ1) is 17.3. The van der Waals surface area contributed by atoms with E-state index in [4.69, 9.17) is 0 Å². The molecule has 0 aliphatic carbocycles. The summed E-state index contributed by atoms with van der Waals surface area (Å²) in [4.78, 5) is 0. The molecule has 0 aromatic rings. The SMILES string of the molecule is CC(F)(F)CNCC(F)(F)CC(F)(F)C(F)(F)F. The van der Waals surface area contributed by atoms with Crippen LogP contribution in [0, 0.1) is 0 Å². The van der Waals surface area contributed by atoms with Crippen LogP contribution in [0.5, 0.6) is 0 Å². The van der Waals surface area contributed by atoms with E-state index in [-0.39, 0.29) is 0 Å². The standard InChI is InChI=1S/C8H10F9N/c1-5(9,10)3-18-4-6(11,12)2-7(13,14)8(15,16)17/h18H,2-4H2,1H3. The van der Waals surface area contributed by atoms with Crippen molar-refractivity contribution < 1.29 is 39.5 Å². The highest BCUT2D eigenvalue weighted by atomic mass is 19.4. The van der Waals surface area contributed by atoms with Gasteiger partial charge in [-0.25, -0.2) is 17.6 Å². The molecule has 1 N–H and O–H groups in total. The summed E-state index contributed by atoms with van der Waals surface area (Å²) in [6, 6.07) is 0. The molecule has 0 aliphatic heterocycles. The molecule has 0 spiro atoms. The zero-order valence-electron chi connectivity index (χ0n) is 9.02. The summed E-state index contributed by atoms with van der Waals surface area (Å²) in [6.07, 6.45) is -8.89. The van der Waals surface area contributed by atoms with Crippen molar-refractivity contribution in [1.82, 2.24) is 5.32 Å². The van der Waals surface area contributed by atoms with Crippen molar-refractivity contribution in [2.24, 2.45) is 0 Å². The van der Waals surface area contributed by atoms with Gasteiger partial charge in [0.15, 0.2) is 0 Å². The third kappa shape index (κ3) is 6.31. The Labute approximate surface area is 96.3 Å². The maximum atomic E-state index is 12.7. The van der Waals surface area contributed by atoms with E-state index in [9.17, 15) is 39.5 Å². The summed E-state index contributed by atoms with van der Waals surface area (Å²) < 4.78 is 109. The molecule has 0 amide bonds. The second-order valence-electron chi connectivity index (χ2n) is 3.91. The first-order valence-electron chi connectivity index (χ1n) is 4.57. The van der Waals surface area contributed by atoms with Gasteiger partial charge in [-0.15, -0.1) is 0 Å². The largest absolute Gasteiger partial charge is 0.453 e. The molecule has 0 atom stereocenters. The van der Waals surface area contributed by atoms with Crippen LogP contribution in [0.2, 0.25) is 0 Å². The van der Waals surface area contributed by atoms with Crippen LogP contribution in [0.15, 0.2) is 0 Å². The molecule has 110 valence electrons. The average Bonchev–Trinajstić information content (AvgIpc) is 1.95. The summed E-state index contributed by atoms with van der Waals surface area (Å²) in [6.45, 7) is -2.56. The monoisotopic (exact) mass is 291 g/mol. The lowest BCUT2D eigenvalue weighted by Gasteiger charge is -2.25. The van der Waals surface area contributed by atoms with Crippen LogP contribution in [0.25, 0.3) is 0 Å². The van der Waals surface area contributed by atoms with Gasteiger partial charge in [0.05, 0.1) is 19.5 Å². The molecule has 0 bridgehead atoms. The summed E-state index contributed by atoms with van der Waals surface area (Å²) in [5.41, 5.74) is 0. The van der Waals surface area contributed by atoms with Crippen molar-refractivity contribution in [3.05, 3.63) is 0 Å². The van der Waals surface area contributed by atoms with Crippen LogP contribution in [0.4, 0.5) is 39.5 Å². The zero-order chi connectivity index (χ0) is 14.8. The van der Waals surface area contributed by atoms with Gasteiger partial charge in [0, 0.05) is 6.92 Å². The quantitative estimate of drug-likeness (QED) is 0.739. The fraction of sp³-hybridized carbons (Fsp3) is 1.00. The predicted octanol–water partition coefficient (Wildman–Crippen LogP) is 3.45. The Morgan fingerprint density at radius 2 is 1.22 bits per heavy atom. The van der Waals surface area contributed by atoms with Gasteiger partial charge in [-0.05, 0) is 0 Å². The van der Waals surface area contributed by atoms with Gasteiger partial charge >= 0.3 is 12.1 Å². The first-order chi connectivity index (χ1) is 7.66. The van der Waals surface area contributed by atoms with Gasteiger partial charge < -0.3 is 5.32 Å². The lowest BCUT2D eigenvalue weighted by Crippen LogP contribution is -2.46. The van der Waals surface area contributed by atoms with E-state index in [2.05, 4.69) is 0 Å². The van der Waals surface area contributed by atoms with Crippen LogP contribution in [-0.2, 0) is 0 Å². The third-order valence-corrected chi connectivity index (χ3v) is 1.71. The molecule has 0 heterocycles. The molecule has 10 heteroatoms. The third-order valence-electron chi connectivity index (χ3n) is 1.71. The Hall–Kier alpha value is -0.670. The minimum atomic E-state index is -6.11. The van der Waals surface area contributed by atoms with Crippen molar-refractivity contribution in [1.29, 1.82) is 0 Å². The van der Waals surface area contributed by atoms with E-state index in [0.717, 1.165) is 0 Å². The summed E-state index contributed by atoms with van der Waals surface area (Å²) in [5, 5.41) is 1.44. The van der Waals surface area contributed by atoms with Crippen LogP contribution in [0.3, 0.4) is 0 Å². The normalized spacial score (nSPS) is 15.0. The van der Waals surface area contributed by atoms with Gasteiger partial charge in [-0.1, -0.05) is 0 Å². The Morgan fingerprint density at radius 1 is 0.778 bits per heavy atom. The highest BCUT2D eigenvalue weighted by Crippen LogP contribution is 2.42. The van der Waals surface area contributed by atoms with Crippen LogP contribution < -0.4 is 5.32 Å². The molecule has 0 aromatic heterocycles. The van der Waals surface area contributed by atoms with E-state index in [0.29, 0.717) is 6.92 Å². The molecular weight excluding hydrogens is 281 g/mol. The number of alkyl halides is 9. The van der Waals surface area contributed by atoms with E-state index >= 15 is 0 Å². The molecule has 0 aromatic carbocycles. The Kier molecular flexibility index (Phi) is 4.95. The van der Waals surface area contributed by atoms with E-state index < -0.39 is 43.5 Å². The topological polar surface area (TPSA) is 12.0 Å². The molecule has 0 saturated heterocycles. The smallest absolute Gasteiger partial charge is 0.306 e. The van der Waals surface area contributed by atoms with Gasteiger partial charge in [0.25, 0.3) is 11.8 Å². The fourth-order valence-corrected chi connectivity index (χ4v) is 0.952. The van der Waals surface area contributed by atoms with Crippen LogP contribution >= 0.6 is 0 Å². The lowest BCUT2D eigenvalue weighted by atomic mass is 10.1. The second-order valence-corrected chi connectivity index (χ2v) is 3.91. The van der Waals surface area contributed by atoms with Crippen molar-refractivity contribution in [2.75, 3.05) is 13.1 Å². The zero-order valence-corrected chi connectivity index (χ0v) is 9.02. The number of hydrogen-bond donors (Lipinski definition) is 1. The lowest BCUT2D eigenvalue weighted by molar-refractivity contribution is -0.300. The van der Waals surface area contributed by atoms with Gasteiger partial charge in [0.1, 0.15) is 0 Å². The first-order valence-corrected chi connectivity index (χ1v) is 4.57. The Bertz CT molecular complexity index is 265. The minimum Gasteiger partial charge on any atom is -0.306 e. The molecule has 1 nitrogen and oxygen atoms in total. The van der Waals surface area contributed by atoms with Crippen molar-refractivity contribution in [2.45, 2.75) is 37.3 Å². The molecule has 0 unspecified atom stereocenters. The second kappa shape index (κ2) is 5.14. The predicted molar refractivity (Wildman–Crippen MR) is 44.1 cm³/mol. The number of nitrogens with one attached hydrogen (secondary N) is 1. The van der Waals surface area contributed by atoms with E-state index in [1.165, 1.54) is 5.32 Å². The minimum absolute atomic E-state index is 0.377. The Balaban J connectivity index is 4.40. The van der Waals surface area contributed by atoms with Gasteiger partial charge in [-0.3, -0.25) is 0 Å². The summed E-state index contributed by atoms with van der Waals surface area (Å²) >= 11 is 0.